The van der Waals surface area contributed by atoms with Gasteiger partial charge in [-0.05, 0) is 148 Å². The third-order valence-corrected chi connectivity index (χ3v) is 18.4. The van der Waals surface area contributed by atoms with E-state index in [1.807, 2.05) is 12.2 Å². The number of hydrogen-bond donors (Lipinski definition) is 3. The Balaban J connectivity index is 5.45. The van der Waals surface area contributed by atoms with E-state index in [0.717, 1.165) is 193 Å². The lowest BCUT2D eigenvalue weighted by Gasteiger charge is -2.21. The molecule has 0 saturated carbocycles. The first-order chi connectivity index (χ1) is 51.7. The molecule has 0 spiro atoms. The zero-order chi connectivity index (χ0) is 77.4. The van der Waals surface area contributed by atoms with Crippen molar-refractivity contribution >= 4 is 39.5 Å². The number of ether oxygens (including phenoxy) is 4. The van der Waals surface area contributed by atoms with Gasteiger partial charge < -0.3 is 33.8 Å². The van der Waals surface area contributed by atoms with Crippen LogP contribution in [0.3, 0.4) is 0 Å². The van der Waals surface area contributed by atoms with Crippen LogP contribution in [-0.4, -0.2) is 96.7 Å². The van der Waals surface area contributed by atoms with Gasteiger partial charge in [-0.2, -0.15) is 0 Å². The van der Waals surface area contributed by atoms with E-state index in [9.17, 15) is 43.2 Å². The molecule has 5 atom stereocenters. The lowest BCUT2D eigenvalue weighted by molar-refractivity contribution is -0.161. The second kappa shape index (κ2) is 77.8. The summed E-state index contributed by atoms with van der Waals surface area (Å²) in [6.07, 6.45) is 91.0. The topological polar surface area (TPSA) is 237 Å². The molecule has 5 unspecified atom stereocenters. The molecular formula is C87H144O17P2. The molecule has 0 aromatic carbocycles. The summed E-state index contributed by atoms with van der Waals surface area (Å²) in [5.41, 5.74) is 0. The molecule has 0 saturated heterocycles. The van der Waals surface area contributed by atoms with Crippen molar-refractivity contribution in [1.29, 1.82) is 0 Å². The minimum atomic E-state index is -5.01. The molecule has 17 nitrogen and oxygen atoms in total. The first kappa shape index (κ1) is 101. The maximum Gasteiger partial charge on any atom is 0.472 e. The number of aliphatic hydroxyl groups excluding tert-OH is 1. The van der Waals surface area contributed by atoms with Gasteiger partial charge in [0, 0.05) is 19.3 Å². The number of hydrogen-bond acceptors (Lipinski definition) is 15. The van der Waals surface area contributed by atoms with Crippen molar-refractivity contribution in [3.8, 4) is 0 Å². The second-order valence-corrected chi connectivity index (χ2v) is 29.5. The molecule has 0 aliphatic heterocycles. The van der Waals surface area contributed by atoms with Crippen molar-refractivity contribution in [1.82, 2.24) is 0 Å². The van der Waals surface area contributed by atoms with Gasteiger partial charge in [0.05, 0.1) is 32.8 Å². The van der Waals surface area contributed by atoms with E-state index in [1.165, 1.54) is 38.5 Å². The van der Waals surface area contributed by atoms with Crippen molar-refractivity contribution in [3.05, 3.63) is 158 Å². The number of esters is 4. The van der Waals surface area contributed by atoms with Crippen LogP contribution in [0.25, 0.3) is 0 Å². The Kier molecular flexibility index (Phi) is 73.9. The molecule has 0 amide bonds. The van der Waals surface area contributed by atoms with E-state index in [2.05, 4.69) is 161 Å². The summed E-state index contributed by atoms with van der Waals surface area (Å²) in [5.74, 6) is -2.36. The zero-order valence-electron chi connectivity index (χ0n) is 66.1. The molecule has 0 aromatic rings. The Morgan fingerprint density at radius 1 is 0.283 bits per heavy atom. The zero-order valence-corrected chi connectivity index (χ0v) is 67.8. The van der Waals surface area contributed by atoms with Crippen LogP contribution in [0.5, 0.6) is 0 Å². The first-order valence-electron chi connectivity index (χ1n) is 40.7. The predicted octanol–water partition coefficient (Wildman–Crippen LogP) is 24.0. The molecule has 0 rings (SSSR count). The third-order valence-electron chi connectivity index (χ3n) is 16.5. The average Bonchev–Trinajstić information content (AvgIpc) is 0.902. The van der Waals surface area contributed by atoms with E-state index < -0.39 is 97.5 Å². The SMILES string of the molecule is CC/C=C\C/C=C\C/C=C\C/C=C\C/C=C\CC(=O)OC(COC(=O)CCCCCCCCC/C=C\C/C=C\C/C=C\CC)COP(=O)(O)OCC(O)COP(=O)(O)OCC(COC(=O)CCCCCCCC/C=C\C/C=C\C/C=C\C/C=C\CC)OC(=O)CCCCCCC/C=C\CCCCCCCC. The Labute approximate surface area is 642 Å². The van der Waals surface area contributed by atoms with E-state index in [4.69, 9.17) is 37.0 Å². The van der Waals surface area contributed by atoms with Crippen molar-refractivity contribution in [2.24, 2.45) is 0 Å². The maximum atomic E-state index is 13.1. The lowest BCUT2D eigenvalue weighted by atomic mass is 10.1. The Hall–Kier alpha value is -5.32. The quantitative estimate of drug-likeness (QED) is 0.0169. The molecular weight excluding hydrogens is 1380 g/mol. The van der Waals surface area contributed by atoms with Gasteiger partial charge in [-0.25, -0.2) is 9.13 Å². The molecule has 0 aliphatic carbocycles. The highest BCUT2D eigenvalue weighted by atomic mass is 31.2. The number of phosphoric acid groups is 2. The Morgan fingerprint density at radius 2 is 0.528 bits per heavy atom. The normalized spacial score (nSPS) is 14.7. The summed E-state index contributed by atoms with van der Waals surface area (Å²) in [6, 6.07) is 0. The minimum Gasteiger partial charge on any atom is -0.462 e. The van der Waals surface area contributed by atoms with E-state index in [1.54, 1.807) is 12.2 Å². The van der Waals surface area contributed by atoms with Gasteiger partial charge in [0.15, 0.2) is 12.2 Å². The lowest BCUT2D eigenvalue weighted by Crippen LogP contribution is -2.30. The standard InChI is InChI=1S/C87H144O17P2/c1-5-9-13-17-21-25-29-33-37-39-40-42-46-48-52-56-60-64-68-72-85(90)98-78-83(104-87(92)74-70-66-62-58-54-50-44-36-32-28-24-20-16-12-8-4)80-102-106(95,96)100-76-81(88)75-99-105(93,94)101-79-82(103-86(91)73-69-65-61-57-53-49-43-35-31-27-23-19-15-11-7-3)77-97-84(89)71-67-63-59-55-51-47-45-41-38-34-30-26-22-18-14-10-6-2/h9-11,13-15,21-23,25-27,33-38,40,42-44,53,57,65,69,81-83,88H,5-8,12,16-20,24,28-32,39,41,45-52,54-56,58-64,66-68,70-80H2,1-4H3,(H,93,94)(H,95,96)/b13-9-,14-10-,15-11-,25-21-,26-22-,27-23-,37-33-,38-34-,42-40-,43-35-,44-36-,57-53-,69-65-. The van der Waals surface area contributed by atoms with Crippen LogP contribution >= 0.6 is 15.6 Å². The highest BCUT2D eigenvalue weighted by Gasteiger charge is 2.30. The smallest absolute Gasteiger partial charge is 0.462 e. The van der Waals surface area contributed by atoms with Gasteiger partial charge >= 0.3 is 39.5 Å². The van der Waals surface area contributed by atoms with Crippen molar-refractivity contribution in [3.63, 3.8) is 0 Å². The van der Waals surface area contributed by atoms with Gasteiger partial charge in [-0.1, -0.05) is 295 Å². The van der Waals surface area contributed by atoms with Crippen molar-refractivity contribution in [2.45, 2.75) is 329 Å². The van der Waals surface area contributed by atoms with Gasteiger partial charge in [0.1, 0.15) is 19.3 Å². The van der Waals surface area contributed by atoms with E-state index in [0.29, 0.717) is 25.7 Å². The summed E-state index contributed by atoms with van der Waals surface area (Å²) >= 11 is 0. The maximum absolute atomic E-state index is 13.1. The molecule has 19 heteroatoms. The fourth-order valence-corrected chi connectivity index (χ4v) is 12.0. The van der Waals surface area contributed by atoms with Gasteiger partial charge in [-0.15, -0.1) is 0 Å². The van der Waals surface area contributed by atoms with Crippen LogP contribution in [0.4, 0.5) is 0 Å². The van der Waals surface area contributed by atoms with E-state index >= 15 is 0 Å². The summed E-state index contributed by atoms with van der Waals surface area (Å²) in [4.78, 5) is 73.0. The Morgan fingerprint density at radius 3 is 0.849 bits per heavy atom. The average molecular weight is 1520 g/mol. The number of phosphoric ester groups is 2. The number of aliphatic hydroxyl groups is 1. The van der Waals surface area contributed by atoms with Gasteiger partial charge in [0.25, 0.3) is 0 Å². The van der Waals surface area contributed by atoms with Gasteiger partial charge in [-0.3, -0.25) is 37.3 Å². The minimum absolute atomic E-state index is 0.0752. The number of unbranched alkanes of at least 4 members (excludes halogenated alkanes) is 24. The number of carbonyl (C=O) groups is 4. The molecule has 0 aliphatic rings. The summed E-state index contributed by atoms with van der Waals surface area (Å²) < 4.78 is 68.5. The second-order valence-electron chi connectivity index (χ2n) is 26.6. The fourth-order valence-electron chi connectivity index (χ4n) is 10.4. The highest BCUT2D eigenvalue weighted by molar-refractivity contribution is 7.47. The highest BCUT2D eigenvalue weighted by Crippen LogP contribution is 2.45. The van der Waals surface area contributed by atoms with Crippen LogP contribution in [-0.2, 0) is 65.4 Å². The summed E-state index contributed by atoms with van der Waals surface area (Å²) in [6.45, 7) is 4.39. The summed E-state index contributed by atoms with van der Waals surface area (Å²) in [5, 5.41) is 10.6. The Bertz CT molecular complexity index is 2630. The van der Waals surface area contributed by atoms with Gasteiger partial charge in [0.2, 0.25) is 0 Å². The van der Waals surface area contributed by atoms with Crippen LogP contribution in [0.2, 0.25) is 0 Å². The van der Waals surface area contributed by atoms with Crippen LogP contribution in [0, 0.1) is 0 Å². The summed E-state index contributed by atoms with van der Waals surface area (Å²) in [7, 11) is -10.0. The van der Waals surface area contributed by atoms with Crippen LogP contribution in [0.15, 0.2) is 158 Å². The predicted molar refractivity (Wildman–Crippen MR) is 436 cm³/mol. The number of allylic oxidation sites excluding steroid dienone is 25. The monoisotopic (exact) mass is 1520 g/mol. The molecule has 106 heavy (non-hydrogen) atoms. The first-order valence-corrected chi connectivity index (χ1v) is 43.7. The molecule has 3 N–H and O–H groups in total. The van der Waals surface area contributed by atoms with Crippen LogP contribution < -0.4 is 0 Å². The molecule has 0 bridgehead atoms. The van der Waals surface area contributed by atoms with Crippen molar-refractivity contribution in [2.75, 3.05) is 39.6 Å². The number of rotatable bonds is 75. The fraction of sp³-hybridized carbons (Fsp3) is 0.655. The molecule has 0 fully saturated rings. The van der Waals surface area contributed by atoms with E-state index in [-0.39, 0.29) is 25.7 Å². The largest absolute Gasteiger partial charge is 0.472 e. The third kappa shape index (κ3) is 76.9. The van der Waals surface area contributed by atoms with Crippen LogP contribution in [0.1, 0.15) is 310 Å². The number of carbonyl (C=O) groups excluding carboxylic acids is 4. The molecule has 0 radical (unpaired) electrons. The molecule has 0 heterocycles. The van der Waals surface area contributed by atoms with Crippen molar-refractivity contribution < 1.29 is 80.2 Å². The molecule has 604 valence electrons. The molecule has 0 aromatic heterocycles.